The van der Waals surface area contributed by atoms with Gasteiger partial charge in [0.25, 0.3) is 6.43 Å². The Hall–Kier alpha value is -1.08. The molecule has 0 spiro atoms. The van der Waals surface area contributed by atoms with E-state index in [2.05, 4.69) is 14.9 Å². The number of ether oxygens (including phenoxy) is 1. The summed E-state index contributed by atoms with van der Waals surface area (Å²) in [6.07, 6.45) is -1.56. The van der Waals surface area contributed by atoms with Crippen LogP contribution in [0.25, 0.3) is 0 Å². The van der Waals surface area contributed by atoms with Gasteiger partial charge in [-0.2, -0.15) is 4.98 Å². The van der Waals surface area contributed by atoms with Crippen LogP contribution in [0.2, 0.25) is 0 Å². The zero-order chi connectivity index (χ0) is 11.1. The quantitative estimate of drug-likeness (QED) is 0.674. The largest absolute Gasteiger partial charge is 0.375 e. The summed E-state index contributed by atoms with van der Waals surface area (Å²) in [7, 11) is 0. The number of nitrogens with zero attached hydrogens (tertiary/aromatic N) is 2. The summed E-state index contributed by atoms with van der Waals surface area (Å²) in [5.41, 5.74) is 5.30. The molecule has 86 valence electrons. The number of halogens is 2. The van der Waals surface area contributed by atoms with Gasteiger partial charge in [0.1, 0.15) is 6.61 Å². The second kappa shape index (κ2) is 6.41. The lowest BCUT2D eigenvalue weighted by atomic mass is 10.4. The Bertz CT molecular complexity index is 281. The van der Waals surface area contributed by atoms with Crippen LogP contribution in [0.1, 0.15) is 11.7 Å². The van der Waals surface area contributed by atoms with Crippen molar-refractivity contribution in [1.29, 1.82) is 0 Å². The first-order chi connectivity index (χ1) is 7.22. The van der Waals surface area contributed by atoms with Crippen LogP contribution >= 0.6 is 0 Å². The fraction of sp³-hybridized carbons (Fsp3) is 0.750. The van der Waals surface area contributed by atoms with Gasteiger partial charge in [-0.15, -0.1) is 0 Å². The van der Waals surface area contributed by atoms with Crippen molar-refractivity contribution < 1.29 is 18.0 Å². The molecule has 1 aromatic heterocycles. The van der Waals surface area contributed by atoms with Crippen LogP contribution in [-0.2, 0) is 17.6 Å². The molecule has 0 saturated carbocycles. The standard InChI is InChI=1S/C8H13F2N3O2/c9-6(10)5-14-4-2-8-12-7(1-3-11)13-15-8/h6H,1-5,11H2. The Morgan fingerprint density at radius 2 is 2.20 bits per heavy atom. The lowest BCUT2D eigenvalue weighted by Gasteiger charge is -1.99. The van der Waals surface area contributed by atoms with Gasteiger partial charge in [-0.25, -0.2) is 8.78 Å². The minimum absolute atomic E-state index is 0.147. The molecule has 0 atom stereocenters. The smallest absolute Gasteiger partial charge is 0.261 e. The summed E-state index contributed by atoms with van der Waals surface area (Å²) in [5.74, 6) is 0.911. The molecule has 0 bridgehead atoms. The fourth-order valence-electron chi connectivity index (χ4n) is 0.954. The molecule has 15 heavy (non-hydrogen) atoms. The maximum Gasteiger partial charge on any atom is 0.261 e. The van der Waals surface area contributed by atoms with Crippen LogP contribution < -0.4 is 5.73 Å². The summed E-state index contributed by atoms with van der Waals surface area (Å²) in [4.78, 5) is 3.99. The van der Waals surface area contributed by atoms with E-state index in [0.29, 0.717) is 31.1 Å². The Kier molecular flexibility index (Phi) is 5.13. The van der Waals surface area contributed by atoms with E-state index >= 15 is 0 Å². The molecule has 0 saturated heterocycles. The minimum atomic E-state index is -2.44. The Morgan fingerprint density at radius 3 is 2.87 bits per heavy atom. The molecule has 0 amide bonds. The number of alkyl halides is 2. The lowest BCUT2D eigenvalue weighted by molar-refractivity contribution is 0.0171. The van der Waals surface area contributed by atoms with E-state index in [1.165, 1.54) is 0 Å². The predicted molar refractivity (Wildman–Crippen MR) is 47.6 cm³/mol. The SMILES string of the molecule is NCCc1noc(CCOCC(F)F)n1. The first-order valence-electron chi connectivity index (χ1n) is 4.59. The van der Waals surface area contributed by atoms with E-state index in [-0.39, 0.29) is 6.61 Å². The van der Waals surface area contributed by atoms with E-state index in [9.17, 15) is 8.78 Å². The third-order valence-electron chi connectivity index (χ3n) is 1.58. The van der Waals surface area contributed by atoms with Gasteiger partial charge in [0.15, 0.2) is 5.82 Å². The summed E-state index contributed by atoms with van der Waals surface area (Å²) in [5, 5.41) is 3.65. The second-order valence-electron chi connectivity index (χ2n) is 2.86. The highest BCUT2D eigenvalue weighted by Gasteiger charge is 2.06. The molecule has 0 radical (unpaired) electrons. The van der Waals surface area contributed by atoms with E-state index in [1.54, 1.807) is 0 Å². The summed E-state index contributed by atoms with van der Waals surface area (Å²) < 4.78 is 32.9. The van der Waals surface area contributed by atoms with Crippen LogP contribution in [0.3, 0.4) is 0 Å². The molecule has 0 fully saturated rings. The van der Waals surface area contributed by atoms with Crippen molar-refractivity contribution in [3.63, 3.8) is 0 Å². The summed E-state index contributed by atoms with van der Waals surface area (Å²) in [6.45, 7) is 0.0270. The van der Waals surface area contributed by atoms with Crippen LogP contribution in [0.4, 0.5) is 8.78 Å². The van der Waals surface area contributed by atoms with Gasteiger partial charge in [0.2, 0.25) is 5.89 Å². The molecule has 0 unspecified atom stereocenters. The topological polar surface area (TPSA) is 74.2 Å². The van der Waals surface area contributed by atoms with Crippen LogP contribution in [0.5, 0.6) is 0 Å². The Morgan fingerprint density at radius 1 is 1.40 bits per heavy atom. The van der Waals surface area contributed by atoms with Crippen LogP contribution in [-0.4, -0.2) is 36.3 Å². The fourth-order valence-corrected chi connectivity index (χ4v) is 0.954. The monoisotopic (exact) mass is 221 g/mol. The van der Waals surface area contributed by atoms with Gasteiger partial charge in [0.05, 0.1) is 13.0 Å². The molecular formula is C8H13F2N3O2. The molecule has 7 heteroatoms. The number of hydrogen-bond acceptors (Lipinski definition) is 5. The highest BCUT2D eigenvalue weighted by Crippen LogP contribution is 2.00. The van der Waals surface area contributed by atoms with E-state index < -0.39 is 13.0 Å². The summed E-state index contributed by atoms with van der Waals surface area (Å²) in [6, 6.07) is 0. The van der Waals surface area contributed by atoms with Gasteiger partial charge >= 0.3 is 0 Å². The molecule has 0 aliphatic rings. The third-order valence-corrected chi connectivity index (χ3v) is 1.58. The zero-order valence-corrected chi connectivity index (χ0v) is 8.16. The average molecular weight is 221 g/mol. The van der Waals surface area contributed by atoms with Crippen LogP contribution in [0.15, 0.2) is 4.52 Å². The third kappa shape index (κ3) is 4.80. The number of nitrogens with two attached hydrogens (primary N) is 1. The minimum Gasteiger partial charge on any atom is -0.375 e. The van der Waals surface area contributed by atoms with Crippen molar-refractivity contribution in [2.45, 2.75) is 19.3 Å². The van der Waals surface area contributed by atoms with Gasteiger partial charge in [0, 0.05) is 6.42 Å². The Balaban J connectivity index is 2.19. The van der Waals surface area contributed by atoms with E-state index in [4.69, 9.17) is 10.3 Å². The second-order valence-corrected chi connectivity index (χ2v) is 2.86. The molecule has 2 N–H and O–H groups in total. The molecule has 1 heterocycles. The summed E-state index contributed by atoms with van der Waals surface area (Å²) >= 11 is 0. The van der Waals surface area contributed by atoms with Gasteiger partial charge < -0.3 is 15.0 Å². The average Bonchev–Trinajstić information content (AvgIpc) is 2.61. The Labute approximate surface area is 85.6 Å². The van der Waals surface area contributed by atoms with E-state index in [1.807, 2.05) is 0 Å². The first kappa shape index (κ1) is 12.0. The predicted octanol–water partition coefficient (Wildman–Crippen LogP) is 0.395. The van der Waals surface area contributed by atoms with Crippen molar-refractivity contribution in [1.82, 2.24) is 10.1 Å². The first-order valence-corrected chi connectivity index (χ1v) is 4.59. The van der Waals surface area contributed by atoms with Crippen molar-refractivity contribution in [2.24, 2.45) is 5.73 Å². The number of rotatable bonds is 7. The zero-order valence-electron chi connectivity index (χ0n) is 8.16. The lowest BCUT2D eigenvalue weighted by Crippen LogP contribution is -2.07. The van der Waals surface area contributed by atoms with Crippen molar-refractivity contribution in [3.05, 3.63) is 11.7 Å². The molecule has 1 aromatic rings. The van der Waals surface area contributed by atoms with Crippen molar-refractivity contribution in [3.8, 4) is 0 Å². The van der Waals surface area contributed by atoms with Crippen molar-refractivity contribution in [2.75, 3.05) is 19.8 Å². The highest BCUT2D eigenvalue weighted by molar-refractivity contribution is 4.86. The number of hydrogen-bond donors (Lipinski definition) is 1. The van der Waals surface area contributed by atoms with E-state index in [0.717, 1.165) is 0 Å². The molecule has 0 aliphatic carbocycles. The molecule has 5 nitrogen and oxygen atoms in total. The van der Waals surface area contributed by atoms with Gasteiger partial charge in [-0.05, 0) is 6.54 Å². The molecule has 1 rings (SSSR count). The highest BCUT2D eigenvalue weighted by atomic mass is 19.3. The van der Waals surface area contributed by atoms with Gasteiger partial charge in [-0.3, -0.25) is 0 Å². The van der Waals surface area contributed by atoms with Crippen LogP contribution in [0, 0.1) is 0 Å². The number of aromatic nitrogens is 2. The van der Waals surface area contributed by atoms with Crippen molar-refractivity contribution >= 4 is 0 Å². The van der Waals surface area contributed by atoms with Gasteiger partial charge in [-0.1, -0.05) is 5.16 Å². The maximum absolute atomic E-state index is 11.7. The molecule has 0 aliphatic heterocycles. The molecular weight excluding hydrogens is 208 g/mol. The maximum atomic E-state index is 11.7. The molecule has 0 aromatic carbocycles. The normalized spacial score (nSPS) is 11.2.